The number of allylic oxidation sites excluding steroid dienone is 5. The molecule has 0 heterocycles. The van der Waals surface area contributed by atoms with Crippen molar-refractivity contribution in [3.05, 3.63) is 59.7 Å². The SMILES string of the molecule is CC(C)NCc1ccc(S(=O)(=O)N=C2C=CC(=C=N)C=C2)cc1. The summed E-state index contributed by atoms with van der Waals surface area (Å²) in [6, 6.07) is 7.07. The summed E-state index contributed by atoms with van der Waals surface area (Å²) < 4.78 is 28.4. The van der Waals surface area contributed by atoms with Crippen LogP contribution in [0.25, 0.3) is 0 Å². The molecule has 0 saturated heterocycles. The van der Waals surface area contributed by atoms with Gasteiger partial charge in [-0.05, 0) is 47.9 Å². The highest BCUT2D eigenvalue weighted by atomic mass is 32.2. The molecule has 2 rings (SSSR count). The van der Waals surface area contributed by atoms with E-state index in [9.17, 15) is 8.42 Å². The van der Waals surface area contributed by atoms with Crippen molar-refractivity contribution in [3.8, 4) is 0 Å². The van der Waals surface area contributed by atoms with Crippen molar-refractivity contribution in [2.75, 3.05) is 0 Å². The van der Waals surface area contributed by atoms with Crippen LogP contribution in [-0.4, -0.2) is 26.0 Å². The third kappa shape index (κ3) is 4.86. The fraction of sp³-hybridized carbons (Fsp3) is 0.235. The van der Waals surface area contributed by atoms with Gasteiger partial charge >= 0.3 is 0 Å². The molecule has 1 aromatic carbocycles. The molecule has 6 heteroatoms. The zero-order chi connectivity index (χ0) is 16.9. The summed E-state index contributed by atoms with van der Waals surface area (Å²) in [4.78, 5) is 0.161. The second kappa shape index (κ2) is 7.33. The lowest BCUT2D eigenvalue weighted by molar-refractivity contribution is 0.587. The molecule has 1 aliphatic carbocycles. The quantitative estimate of drug-likeness (QED) is 0.815. The maximum atomic E-state index is 12.3. The van der Waals surface area contributed by atoms with Crippen molar-refractivity contribution < 1.29 is 8.42 Å². The Labute approximate surface area is 136 Å². The maximum absolute atomic E-state index is 12.3. The zero-order valence-corrected chi connectivity index (χ0v) is 13.9. The van der Waals surface area contributed by atoms with Gasteiger partial charge in [0, 0.05) is 18.2 Å². The lowest BCUT2D eigenvalue weighted by atomic mass is 10.1. The monoisotopic (exact) mass is 329 g/mol. The van der Waals surface area contributed by atoms with E-state index in [1.165, 1.54) is 0 Å². The van der Waals surface area contributed by atoms with Gasteiger partial charge in [0.05, 0.1) is 10.6 Å². The van der Waals surface area contributed by atoms with Crippen molar-refractivity contribution in [2.24, 2.45) is 4.40 Å². The lowest BCUT2D eigenvalue weighted by Gasteiger charge is -2.08. The van der Waals surface area contributed by atoms with Gasteiger partial charge in [-0.1, -0.05) is 26.0 Å². The summed E-state index contributed by atoms with van der Waals surface area (Å²) in [5.74, 6) is 2.23. The lowest BCUT2D eigenvalue weighted by Crippen LogP contribution is -2.21. The van der Waals surface area contributed by atoms with Crippen LogP contribution in [0.3, 0.4) is 0 Å². The minimum atomic E-state index is -3.74. The van der Waals surface area contributed by atoms with Gasteiger partial charge in [-0.2, -0.15) is 12.8 Å². The van der Waals surface area contributed by atoms with Crippen molar-refractivity contribution in [1.82, 2.24) is 5.32 Å². The average molecular weight is 329 g/mol. The van der Waals surface area contributed by atoms with E-state index in [0.29, 0.717) is 23.9 Å². The summed E-state index contributed by atoms with van der Waals surface area (Å²) in [5, 5.41) is 10.3. The normalized spacial score (nSPS) is 14.2. The molecular formula is C17H19N3O2S. The molecule has 0 unspecified atom stereocenters. The summed E-state index contributed by atoms with van der Waals surface area (Å²) in [6.45, 7) is 4.80. The predicted octanol–water partition coefficient (Wildman–Crippen LogP) is 2.62. The highest BCUT2D eigenvalue weighted by Crippen LogP contribution is 2.15. The first-order valence-corrected chi connectivity index (χ1v) is 8.68. The molecular weight excluding hydrogens is 310 g/mol. The van der Waals surface area contributed by atoms with E-state index in [4.69, 9.17) is 5.41 Å². The van der Waals surface area contributed by atoms with Crippen LogP contribution in [0, 0.1) is 5.41 Å². The standard InChI is InChI=1S/C17H19N3O2S/c1-13(2)19-12-15-5-9-17(10-6-15)23(21,22)20-16-7-3-14(11-18)4-8-16/h3-10,13,18-19H,12H2,1-2H3. The molecule has 0 atom stereocenters. The van der Waals surface area contributed by atoms with Gasteiger partial charge in [0.2, 0.25) is 0 Å². The van der Waals surface area contributed by atoms with Gasteiger partial charge in [0.1, 0.15) is 0 Å². The molecule has 1 aromatic rings. The Balaban J connectivity index is 2.17. The van der Waals surface area contributed by atoms with Crippen LogP contribution in [-0.2, 0) is 16.6 Å². The number of benzene rings is 1. The maximum Gasteiger partial charge on any atom is 0.282 e. The van der Waals surface area contributed by atoms with Crippen LogP contribution in [0.2, 0.25) is 0 Å². The number of sulfonamides is 1. The molecule has 120 valence electrons. The van der Waals surface area contributed by atoms with Gasteiger partial charge in [-0.3, -0.25) is 5.41 Å². The minimum absolute atomic E-state index is 0.161. The van der Waals surface area contributed by atoms with E-state index in [1.807, 2.05) is 0 Å². The van der Waals surface area contributed by atoms with E-state index in [2.05, 4.69) is 29.4 Å². The summed E-state index contributed by atoms with van der Waals surface area (Å²) in [5.41, 5.74) is 1.92. The Hall–Kier alpha value is -2.27. The number of hydrogen-bond acceptors (Lipinski definition) is 4. The van der Waals surface area contributed by atoms with Crippen molar-refractivity contribution in [2.45, 2.75) is 31.3 Å². The van der Waals surface area contributed by atoms with E-state index in [-0.39, 0.29) is 4.90 Å². The third-order valence-corrected chi connectivity index (χ3v) is 4.49. The van der Waals surface area contributed by atoms with E-state index in [1.54, 1.807) is 48.6 Å². The topological polar surface area (TPSA) is 82.4 Å². The molecule has 0 fully saturated rings. The fourth-order valence-corrected chi connectivity index (χ4v) is 2.88. The molecule has 0 aliphatic heterocycles. The molecule has 2 N–H and O–H groups in total. The highest BCUT2D eigenvalue weighted by Gasteiger charge is 2.13. The van der Waals surface area contributed by atoms with Crippen LogP contribution < -0.4 is 5.32 Å². The molecule has 0 saturated carbocycles. The zero-order valence-electron chi connectivity index (χ0n) is 13.1. The molecule has 0 spiro atoms. The molecule has 0 amide bonds. The second-order valence-corrected chi connectivity index (χ2v) is 7.02. The van der Waals surface area contributed by atoms with Crippen LogP contribution in [0.5, 0.6) is 0 Å². The first-order valence-electron chi connectivity index (χ1n) is 7.24. The van der Waals surface area contributed by atoms with E-state index in [0.717, 1.165) is 5.56 Å². The molecule has 1 aliphatic rings. The minimum Gasteiger partial charge on any atom is -0.310 e. The van der Waals surface area contributed by atoms with Crippen LogP contribution in [0.15, 0.2) is 63.4 Å². The number of nitrogens with zero attached hydrogens (tertiary/aromatic N) is 1. The van der Waals surface area contributed by atoms with Crippen molar-refractivity contribution in [1.29, 1.82) is 5.41 Å². The first-order chi connectivity index (χ1) is 10.9. The van der Waals surface area contributed by atoms with Crippen molar-refractivity contribution >= 4 is 21.6 Å². The molecule has 0 aromatic heterocycles. The third-order valence-electron chi connectivity index (χ3n) is 3.17. The predicted molar refractivity (Wildman–Crippen MR) is 92.6 cm³/mol. The number of rotatable bonds is 5. The number of hydrogen-bond donors (Lipinski definition) is 2. The van der Waals surface area contributed by atoms with Crippen LogP contribution >= 0.6 is 0 Å². The molecule has 23 heavy (non-hydrogen) atoms. The Morgan fingerprint density at radius 2 is 1.74 bits per heavy atom. The Morgan fingerprint density at radius 1 is 1.13 bits per heavy atom. The highest BCUT2D eigenvalue weighted by molar-refractivity contribution is 7.90. The van der Waals surface area contributed by atoms with E-state index >= 15 is 0 Å². The fourth-order valence-electron chi connectivity index (χ4n) is 1.90. The summed E-state index contributed by atoms with van der Waals surface area (Å²) in [7, 11) is -3.74. The Kier molecular flexibility index (Phi) is 5.45. The van der Waals surface area contributed by atoms with Gasteiger partial charge in [-0.25, -0.2) is 0 Å². The Bertz CT molecular complexity index is 792. The summed E-state index contributed by atoms with van der Waals surface area (Å²) >= 11 is 0. The van der Waals surface area contributed by atoms with Gasteiger partial charge < -0.3 is 5.32 Å². The first kappa shape index (κ1) is 17.1. The summed E-state index contributed by atoms with van der Waals surface area (Å²) in [6.07, 6.45) is 6.30. The Morgan fingerprint density at radius 3 is 2.26 bits per heavy atom. The van der Waals surface area contributed by atoms with Crippen LogP contribution in [0.4, 0.5) is 0 Å². The molecule has 0 radical (unpaired) electrons. The van der Waals surface area contributed by atoms with Crippen LogP contribution in [0.1, 0.15) is 19.4 Å². The smallest absolute Gasteiger partial charge is 0.282 e. The molecule has 0 bridgehead atoms. The van der Waals surface area contributed by atoms with Crippen molar-refractivity contribution in [3.63, 3.8) is 0 Å². The van der Waals surface area contributed by atoms with Gasteiger partial charge in [0.25, 0.3) is 10.0 Å². The molecule has 5 nitrogen and oxygen atoms in total. The van der Waals surface area contributed by atoms with Gasteiger partial charge in [-0.15, -0.1) is 0 Å². The number of nitrogens with one attached hydrogen (secondary N) is 2. The largest absolute Gasteiger partial charge is 0.310 e. The average Bonchev–Trinajstić information content (AvgIpc) is 2.53. The van der Waals surface area contributed by atoms with Gasteiger partial charge in [0.15, 0.2) is 0 Å². The second-order valence-electron chi connectivity index (χ2n) is 5.42. The van der Waals surface area contributed by atoms with E-state index < -0.39 is 10.0 Å².